The Morgan fingerprint density at radius 1 is 1.38 bits per heavy atom. The van der Waals surface area contributed by atoms with Gasteiger partial charge in [0.25, 0.3) is 5.70 Å². The van der Waals surface area contributed by atoms with Crippen molar-refractivity contribution in [3.8, 4) is 0 Å². The van der Waals surface area contributed by atoms with E-state index < -0.39 is 15.9 Å². The highest BCUT2D eigenvalue weighted by Crippen LogP contribution is 2.20. The maximum Gasteiger partial charge on any atom is 0.253 e. The van der Waals surface area contributed by atoms with Crippen LogP contribution in [0, 0.1) is 20.2 Å². The topological polar surface area (TPSA) is 86.3 Å². The Hall–Kier alpha value is -1.72. The summed E-state index contributed by atoms with van der Waals surface area (Å²) in [5.74, 6) is 0. The van der Waals surface area contributed by atoms with Crippen LogP contribution in [0.1, 0.15) is 13.3 Å². The second kappa shape index (κ2) is 3.34. The molecule has 6 nitrogen and oxygen atoms in total. The molecule has 0 amide bonds. The summed E-state index contributed by atoms with van der Waals surface area (Å²) in [4.78, 5) is 19.7. The average molecular weight is 184 g/mol. The van der Waals surface area contributed by atoms with Gasteiger partial charge in [-0.25, -0.2) is 0 Å². The van der Waals surface area contributed by atoms with Crippen molar-refractivity contribution < 1.29 is 9.85 Å². The third-order valence-corrected chi connectivity index (χ3v) is 1.96. The predicted octanol–water partition coefficient (Wildman–Crippen LogP) is 1.14. The second-order valence-corrected chi connectivity index (χ2v) is 2.83. The molecule has 1 aliphatic rings. The molecular weight excluding hydrogens is 176 g/mol. The van der Waals surface area contributed by atoms with Gasteiger partial charge in [0.15, 0.2) is 0 Å². The molecule has 1 atom stereocenters. The molecule has 70 valence electrons. The molecule has 1 unspecified atom stereocenters. The SMILES string of the molecule is CC1=CC=C([N+](=O)[O-])CC1[N+](=O)[O-]. The van der Waals surface area contributed by atoms with E-state index in [2.05, 4.69) is 0 Å². The smallest absolute Gasteiger partial charge is 0.253 e. The van der Waals surface area contributed by atoms with Gasteiger partial charge in [0.05, 0.1) is 4.92 Å². The zero-order chi connectivity index (χ0) is 10.0. The van der Waals surface area contributed by atoms with Gasteiger partial charge < -0.3 is 0 Å². The summed E-state index contributed by atoms with van der Waals surface area (Å²) < 4.78 is 0. The van der Waals surface area contributed by atoms with E-state index in [1.54, 1.807) is 6.92 Å². The van der Waals surface area contributed by atoms with Crippen LogP contribution in [0.25, 0.3) is 0 Å². The molecule has 1 rings (SSSR count). The summed E-state index contributed by atoms with van der Waals surface area (Å²) in [6, 6.07) is -0.939. The van der Waals surface area contributed by atoms with E-state index in [0.29, 0.717) is 5.57 Å². The summed E-state index contributed by atoms with van der Waals surface area (Å²) in [7, 11) is 0. The van der Waals surface area contributed by atoms with Crippen LogP contribution >= 0.6 is 0 Å². The minimum atomic E-state index is -0.939. The van der Waals surface area contributed by atoms with Crippen LogP contribution in [0.5, 0.6) is 0 Å². The molecule has 1 aliphatic carbocycles. The Morgan fingerprint density at radius 2 is 2.00 bits per heavy atom. The molecule has 0 aliphatic heterocycles. The molecule has 0 heterocycles. The quantitative estimate of drug-likeness (QED) is 0.475. The highest BCUT2D eigenvalue weighted by atomic mass is 16.6. The first-order chi connectivity index (χ1) is 6.02. The maximum atomic E-state index is 10.4. The van der Waals surface area contributed by atoms with Crippen LogP contribution < -0.4 is 0 Å². The van der Waals surface area contributed by atoms with Gasteiger partial charge in [0, 0.05) is 16.6 Å². The van der Waals surface area contributed by atoms with Gasteiger partial charge in [-0.15, -0.1) is 0 Å². The van der Waals surface area contributed by atoms with Crippen molar-refractivity contribution in [2.75, 3.05) is 0 Å². The van der Waals surface area contributed by atoms with Crippen molar-refractivity contribution in [2.24, 2.45) is 0 Å². The third-order valence-electron chi connectivity index (χ3n) is 1.96. The highest BCUT2D eigenvalue weighted by Gasteiger charge is 2.31. The van der Waals surface area contributed by atoms with Gasteiger partial charge in [0.1, 0.15) is 6.42 Å². The van der Waals surface area contributed by atoms with E-state index in [1.165, 1.54) is 12.2 Å². The summed E-state index contributed by atoms with van der Waals surface area (Å²) in [6.07, 6.45) is 2.62. The van der Waals surface area contributed by atoms with Gasteiger partial charge in [0.2, 0.25) is 6.04 Å². The fraction of sp³-hybridized carbons (Fsp3) is 0.429. The normalized spacial score (nSPS) is 21.8. The van der Waals surface area contributed by atoms with E-state index in [1.807, 2.05) is 0 Å². The molecule has 0 saturated carbocycles. The average Bonchev–Trinajstić information content (AvgIpc) is 2.04. The number of allylic oxidation sites excluding steroid dienone is 2. The molecule has 0 spiro atoms. The van der Waals surface area contributed by atoms with Gasteiger partial charge >= 0.3 is 0 Å². The molecule has 0 aromatic rings. The first-order valence-corrected chi connectivity index (χ1v) is 3.67. The van der Waals surface area contributed by atoms with Gasteiger partial charge in [-0.1, -0.05) is 6.08 Å². The fourth-order valence-corrected chi connectivity index (χ4v) is 1.14. The third kappa shape index (κ3) is 1.90. The van der Waals surface area contributed by atoms with Crippen LogP contribution in [0.2, 0.25) is 0 Å². The molecule has 0 radical (unpaired) electrons. The second-order valence-electron chi connectivity index (χ2n) is 2.83. The van der Waals surface area contributed by atoms with Crippen LogP contribution in [-0.4, -0.2) is 15.9 Å². The highest BCUT2D eigenvalue weighted by molar-refractivity contribution is 5.22. The van der Waals surface area contributed by atoms with E-state index in [9.17, 15) is 20.2 Å². The lowest BCUT2D eigenvalue weighted by molar-refractivity contribution is -0.520. The Bertz CT molecular complexity index is 318. The van der Waals surface area contributed by atoms with Crippen molar-refractivity contribution in [1.29, 1.82) is 0 Å². The summed E-state index contributed by atoms with van der Waals surface area (Å²) in [5, 5.41) is 20.8. The van der Waals surface area contributed by atoms with Gasteiger partial charge in [-0.05, 0) is 6.92 Å². The molecule has 0 fully saturated rings. The van der Waals surface area contributed by atoms with Crippen molar-refractivity contribution >= 4 is 0 Å². The Labute approximate surface area is 73.8 Å². The molecule has 6 heteroatoms. The van der Waals surface area contributed by atoms with Crippen molar-refractivity contribution in [3.05, 3.63) is 43.7 Å². The summed E-state index contributed by atoms with van der Waals surface area (Å²) in [6.45, 7) is 1.60. The monoisotopic (exact) mass is 184 g/mol. The Balaban J connectivity index is 2.90. The fourth-order valence-electron chi connectivity index (χ4n) is 1.14. The number of rotatable bonds is 2. The number of hydrogen-bond acceptors (Lipinski definition) is 4. The summed E-state index contributed by atoms with van der Waals surface area (Å²) in [5.41, 5.74) is 0.447. The zero-order valence-corrected chi connectivity index (χ0v) is 6.97. The molecule has 0 aromatic carbocycles. The van der Waals surface area contributed by atoms with Crippen LogP contribution in [0.3, 0.4) is 0 Å². The largest absolute Gasteiger partial charge is 0.264 e. The molecule has 13 heavy (non-hydrogen) atoms. The lowest BCUT2D eigenvalue weighted by Crippen LogP contribution is -2.25. The molecule has 0 aromatic heterocycles. The zero-order valence-electron chi connectivity index (χ0n) is 6.97. The molecular formula is C7H8N2O4. The van der Waals surface area contributed by atoms with E-state index >= 15 is 0 Å². The predicted molar refractivity (Wildman–Crippen MR) is 44.2 cm³/mol. The number of hydrogen-bond donors (Lipinski definition) is 0. The minimum Gasteiger partial charge on any atom is -0.264 e. The molecule has 0 N–H and O–H groups in total. The van der Waals surface area contributed by atoms with Gasteiger partial charge in [-0.3, -0.25) is 20.2 Å². The van der Waals surface area contributed by atoms with Crippen LogP contribution in [0.15, 0.2) is 23.4 Å². The first-order valence-electron chi connectivity index (χ1n) is 3.67. The van der Waals surface area contributed by atoms with E-state index in [0.717, 1.165) is 0 Å². The van der Waals surface area contributed by atoms with E-state index in [4.69, 9.17) is 0 Å². The minimum absolute atomic E-state index is 0.104. The van der Waals surface area contributed by atoms with E-state index in [-0.39, 0.29) is 12.1 Å². The van der Waals surface area contributed by atoms with Crippen molar-refractivity contribution in [3.63, 3.8) is 0 Å². The van der Waals surface area contributed by atoms with Crippen molar-refractivity contribution in [2.45, 2.75) is 19.4 Å². The Kier molecular flexibility index (Phi) is 2.41. The van der Waals surface area contributed by atoms with Crippen LogP contribution in [-0.2, 0) is 0 Å². The lowest BCUT2D eigenvalue weighted by atomic mass is 9.99. The van der Waals surface area contributed by atoms with Gasteiger partial charge in [-0.2, -0.15) is 0 Å². The number of nitrogens with zero attached hydrogens (tertiary/aromatic N) is 2. The Morgan fingerprint density at radius 3 is 2.46 bits per heavy atom. The summed E-state index contributed by atoms with van der Waals surface area (Å²) >= 11 is 0. The number of nitro groups is 2. The first kappa shape index (κ1) is 9.37. The standard InChI is InChI=1S/C7H8N2O4/c1-5-2-3-6(8(10)11)4-7(5)9(12)13/h2-3,7H,4H2,1H3. The molecule has 0 bridgehead atoms. The lowest BCUT2D eigenvalue weighted by Gasteiger charge is -2.11. The van der Waals surface area contributed by atoms with Crippen LogP contribution in [0.4, 0.5) is 0 Å². The maximum absolute atomic E-state index is 10.4. The van der Waals surface area contributed by atoms with Crippen molar-refractivity contribution in [1.82, 2.24) is 0 Å². The molecule has 0 saturated heterocycles.